The molecule has 2 fully saturated rings. The molecule has 26 heavy (non-hydrogen) atoms. The molecule has 1 atom stereocenters. The number of likely N-dealkylation sites (tertiary alicyclic amines) is 1. The third kappa shape index (κ3) is 4.40. The van der Waals surface area contributed by atoms with E-state index in [1.54, 1.807) is 4.90 Å². The maximum absolute atomic E-state index is 12.7. The first-order chi connectivity index (χ1) is 12.5. The molecule has 1 aromatic carbocycles. The third-order valence-electron chi connectivity index (χ3n) is 5.13. The summed E-state index contributed by atoms with van der Waals surface area (Å²) in [5, 5.41) is 12.1. The second kappa shape index (κ2) is 7.86. The van der Waals surface area contributed by atoms with Gasteiger partial charge >= 0.3 is 5.97 Å². The van der Waals surface area contributed by atoms with Crippen LogP contribution in [0.3, 0.4) is 0 Å². The average molecular weight is 360 g/mol. The number of hydrogen-bond donors (Lipinski definition) is 2. The molecule has 2 N–H and O–H groups in total. The van der Waals surface area contributed by atoms with Crippen LogP contribution < -0.4 is 5.32 Å². The number of rotatable bonds is 6. The third-order valence-corrected chi connectivity index (χ3v) is 5.13. The molecule has 7 heteroatoms. The SMILES string of the molecule is O=C(O)CC1(NC(=O)C2CC(=O)N(Cc3ccccc3)C2)CCOCC1. The maximum Gasteiger partial charge on any atom is 0.305 e. The zero-order chi connectivity index (χ0) is 18.6. The molecular weight excluding hydrogens is 336 g/mol. The number of nitrogens with zero attached hydrogens (tertiary/aromatic N) is 1. The average Bonchev–Trinajstić information content (AvgIpc) is 2.97. The zero-order valence-electron chi connectivity index (χ0n) is 14.6. The predicted molar refractivity (Wildman–Crippen MR) is 93.1 cm³/mol. The number of carbonyl (C=O) groups is 3. The number of carboxylic acid groups (broad SMARTS) is 1. The Bertz CT molecular complexity index is 670. The van der Waals surface area contributed by atoms with Crippen LogP contribution in [0.2, 0.25) is 0 Å². The smallest absolute Gasteiger partial charge is 0.305 e. The number of amides is 2. The summed E-state index contributed by atoms with van der Waals surface area (Å²) < 4.78 is 5.31. The van der Waals surface area contributed by atoms with Gasteiger partial charge in [0.15, 0.2) is 0 Å². The van der Waals surface area contributed by atoms with E-state index in [4.69, 9.17) is 4.74 Å². The lowest BCUT2D eigenvalue weighted by Crippen LogP contribution is -2.54. The lowest BCUT2D eigenvalue weighted by atomic mass is 9.85. The standard InChI is InChI=1S/C19H24N2O5/c22-16-10-15(13-21(16)12-14-4-2-1-3-5-14)18(25)20-19(11-17(23)24)6-8-26-9-7-19/h1-5,15H,6-13H2,(H,20,25)(H,23,24). The zero-order valence-corrected chi connectivity index (χ0v) is 14.6. The van der Waals surface area contributed by atoms with Crippen LogP contribution in [0.25, 0.3) is 0 Å². The summed E-state index contributed by atoms with van der Waals surface area (Å²) in [4.78, 5) is 37.9. The van der Waals surface area contributed by atoms with Gasteiger partial charge in [-0.25, -0.2) is 0 Å². The summed E-state index contributed by atoms with van der Waals surface area (Å²) in [7, 11) is 0. The molecule has 0 bridgehead atoms. The molecule has 2 heterocycles. The first-order valence-electron chi connectivity index (χ1n) is 8.91. The molecule has 140 valence electrons. The molecule has 2 saturated heterocycles. The van der Waals surface area contributed by atoms with Crippen LogP contribution in [0.5, 0.6) is 0 Å². The van der Waals surface area contributed by atoms with Crippen LogP contribution in [0.4, 0.5) is 0 Å². The number of benzene rings is 1. The Labute approximate surface area is 152 Å². The molecule has 0 radical (unpaired) electrons. The molecule has 2 aliphatic rings. The van der Waals surface area contributed by atoms with Crippen molar-refractivity contribution in [3.05, 3.63) is 35.9 Å². The van der Waals surface area contributed by atoms with Gasteiger partial charge in [0.1, 0.15) is 0 Å². The van der Waals surface area contributed by atoms with Crippen LogP contribution in [0.15, 0.2) is 30.3 Å². The molecule has 0 aromatic heterocycles. The number of nitrogens with one attached hydrogen (secondary N) is 1. The highest BCUT2D eigenvalue weighted by Crippen LogP contribution is 2.27. The summed E-state index contributed by atoms with van der Waals surface area (Å²) in [6, 6.07) is 9.65. The van der Waals surface area contributed by atoms with Gasteiger partial charge in [0, 0.05) is 32.7 Å². The van der Waals surface area contributed by atoms with Crippen molar-refractivity contribution in [2.75, 3.05) is 19.8 Å². The summed E-state index contributed by atoms with van der Waals surface area (Å²) in [5.74, 6) is -1.68. The second-order valence-electron chi connectivity index (χ2n) is 7.11. The van der Waals surface area contributed by atoms with Gasteiger partial charge in [0.25, 0.3) is 0 Å². The van der Waals surface area contributed by atoms with Gasteiger partial charge in [0.2, 0.25) is 11.8 Å². The monoisotopic (exact) mass is 360 g/mol. The van der Waals surface area contributed by atoms with E-state index in [1.807, 2.05) is 30.3 Å². The van der Waals surface area contributed by atoms with E-state index in [0.29, 0.717) is 39.1 Å². The van der Waals surface area contributed by atoms with Crippen molar-refractivity contribution in [2.45, 2.75) is 37.8 Å². The van der Waals surface area contributed by atoms with Gasteiger partial charge in [0.05, 0.1) is 17.9 Å². The summed E-state index contributed by atoms with van der Waals surface area (Å²) in [5.41, 5.74) is 0.241. The Morgan fingerprint density at radius 3 is 2.58 bits per heavy atom. The molecular formula is C19H24N2O5. The fraction of sp³-hybridized carbons (Fsp3) is 0.526. The summed E-state index contributed by atoms with van der Waals surface area (Å²) in [6.07, 6.45) is 0.980. The van der Waals surface area contributed by atoms with E-state index >= 15 is 0 Å². The van der Waals surface area contributed by atoms with Crippen molar-refractivity contribution >= 4 is 17.8 Å². The van der Waals surface area contributed by atoms with Crippen molar-refractivity contribution in [2.24, 2.45) is 5.92 Å². The Kier molecular flexibility index (Phi) is 5.56. The van der Waals surface area contributed by atoms with Crippen LogP contribution in [0, 0.1) is 5.92 Å². The number of aliphatic carboxylic acids is 1. The number of carboxylic acids is 1. The normalized spacial score (nSPS) is 22.2. The highest BCUT2D eigenvalue weighted by molar-refractivity contribution is 5.89. The summed E-state index contributed by atoms with van der Waals surface area (Å²) in [6.45, 7) is 1.70. The fourth-order valence-electron chi connectivity index (χ4n) is 3.67. The van der Waals surface area contributed by atoms with Crippen molar-refractivity contribution in [1.82, 2.24) is 10.2 Å². The molecule has 0 saturated carbocycles. The molecule has 3 rings (SSSR count). The van der Waals surface area contributed by atoms with E-state index in [1.165, 1.54) is 0 Å². The van der Waals surface area contributed by atoms with Gasteiger partial charge in [-0.05, 0) is 18.4 Å². The van der Waals surface area contributed by atoms with Crippen LogP contribution in [0.1, 0.15) is 31.2 Å². The summed E-state index contributed by atoms with van der Waals surface area (Å²) >= 11 is 0. The second-order valence-corrected chi connectivity index (χ2v) is 7.11. The minimum absolute atomic E-state index is 0.0479. The minimum Gasteiger partial charge on any atom is -0.481 e. The number of hydrogen-bond acceptors (Lipinski definition) is 4. The highest BCUT2D eigenvalue weighted by atomic mass is 16.5. The predicted octanol–water partition coefficient (Wildman–Crippen LogP) is 1.18. The number of ether oxygens (including phenoxy) is 1. The number of carbonyl (C=O) groups excluding carboxylic acids is 2. The van der Waals surface area contributed by atoms with Crippen molar-refractivity contribution < 1.29 is 24.2 Å². The van der Waals surface area contributed by atoms with Crippen LogP contribution in [-0.4, -0.2) is 53.1 Å². The molecule has 1 unspecified atom stereocenters. The molecule has 2 aliphatic heterocycles. The quantitative estimate of drug-likeness (QED) is 0.794. The maximum atomic E-state index is 12.7. The van der Waals surface area contributed by atoms with Gasteiger partial charge in [-0.3, -0.25) is 14.4 Å². The Hall–Kier alpha value is -2.41. The molecule has 0 aliphatic carbocycles. The Balaban J connectivity index is 1.62. The van der Waals surface area contributed by atoms with Gasteiger partial charge in [-0.15, -0.1) is 0 Å². The van der Waals surface area contributed by atoms with E-state index in [9.17, 15) is 19.5 Å². The van der Waals surface area contributed by atoms with E-state index in [0.717, 1.165) is 5.56 Å². The van der Waals surface area contributed by atoms with Crippen LogP contribution in [-0.2, 0) is 25.7 Å². The van der Waals surface area contributed by atoms with Crippen LogP contribution >= 0.6 is 0 Å². The lowest BCUT2D eigenvalue weighted by Gasteiger charge is -2.37. The minimum atomic E-state index is -0.944. The molecule has 2 amide bonds. The van der Waals surface area contributed by atoms with Crippen molar-refractivity contribution in [3.8, 4) is 0 Å². The largest absolute Gasteiger partial charge is 0.481 e. The van der Waals surface area contributed by atoms with Gasteiger partial charge < -0.3 is 20.1 Å². The van der Waals surface area contributed by atoms with E-state index < -0.39 is 17.4 Å². The lowest BCUT2D eigenvalue weighted by molar-refractivity contribution is -0.141. The first kappa shape index (κ1) is 18.4. The van der Waals surface area contributed by atoms with Gasteiger partial charge in [-0.2, -0.15) is 0 Å². The van der Waals surface area contributed by atoms with Crippen molar-refractivity contribution in [3.63, 3.8) is 0 Å². The molecule has 1 aromatic rings. The van der Waals surface area contributed by atoms with Gasteiger partial charge in [-0.1, -0.05) is 30.3 Å². The highest BCUT2D eigenvalue weighted by Gasteiger charge is 2.41. The topological polar surface area (TPSA) is 95.9 Å². The fourth-order valence-corrected chi connectivity index (χ4v) is 3.67. The van der Waals surface area contributed by atoms with Crippen molar-refractivity contribution in [1.29, 1.82) is 0 Å². The van der Waals surface area contributed by atoms with E-state index in [-0.39, 0.29) is 24.7 Å². The Morgan fingerprint density at radius 2 is 1.92 bits per heavy atom. The Morgan fingerprint density at radius 1 is 1.23 bits per heavy atom. The molecule has 0 spiro atoms. The molecule has 7 nitrogen and oxygen atoms in total. The first-order valence-corrected chi connectivity index (χ1v) is 8.91. The van der Waals surface area contributed by atoms with E-state index in [2.05, 4.69) is 5.32 Å².